The SMILES string of the molecule is CC/C=C\C/C=C\C/C=C\C/C=C\C/C=C\CCCCCCCCCCCCCC(=O)NC(COC1OC(CO)C(OC2OC(CO)C(OC3OC(CO)C(O)C(O)C3O)C(O)C2O)C(O)C1O)C(O)/C=C/CCCCCCCCCCCCCCCCC. The van der Waals surface area contributed by atoms with E-state index in [4.69, 9.17) is 28.4 Å². The van der Waals surface area contributed by atoms with Gasteiger partial charge in [-0.25, -0.2) is 0 Å². The molecule has 0 aromatic rings. The minimum Gasteiger partial charge on any atom is -0.394 e. The number of ether oxygens (including phenoxy) is 6. The lowest BCUT2D eigenvalue weighted by molar-refractivity contribution is -0.379. The Morgan fingerprint density at radius 2 is 0.775 bits per heavy atom. The molecule has 17 atom stereocenters. The third-order valence-corrected chi connectivity index (χ3v) is 17.0. The fourth-order valence-electron chi connectivity index (χ4n) is 11.4. The molecule has 17 unspecified atom stereocenters. The highest BCUT2D eigenvalue weighted by molar-refractivity contribution is 5.76. The first-order valence-electron chi connectivity index (χ1n) is 34.7. The first-order valence-corrected chi connectivity index (χ1v) is 34.7. The maximum atomic E-state index is 13.4. The summed E-state index contributed by atoms with van der Waals surface area (Å²) in [6, 6.07) is -0.979. The molecule has 3 rings (SSSR count). The molecular formula is C70H123NO18. The van der Waals surface area contributed by atoms with Crippen LogP contribution < -0.4 is 5.32 Å². The van der Waals surface area contributed by atoms with Gasteiger partial charge in [0.1, 0.15) is 73.2 Å². The van der Waals surface area contributed by atoms with Crippen LogP contribution in [0.5, 0.6) is 0 Å². The lowest BCUT2D eigenvalue weighted by atomic mass is 9.96. The average molecular weight is 1270 g/mol. The van der Waals surface area contributed by atoms with Crippen LogP contribution in [0.15, 0.2) is 72.9 Å². The first-order chi connectivity index (χ1) is 43.3. The molecule has 89 heavy (non-hydrogen) atoms. The number of amides is 1. The van der Waals surface area contributed by atoms with Gasteiger partial charge in [-0.1, -0.05) is 234 Å². The van der Waals surface area contributed by atoms with Crippen molar-refractivity contribution in [1.29, 1.82) is 0 Å². The molecule has 516 valence electrons. The number of unbranched alkanes of at least 4 members (excludes halogenated alkanes) is 26. The number of rotatable bonds is 52. The predicted molar refractivity (Wildman–Crippen MR) is 346 cm³/mol. The molecule has 0 aromatic carbocycles. The van der Waals surface area contributed by atoms with Gasteiger partial charge in [-0.05, 0) is 64.2 Å². The first kappa shape index (κ1) is 80.5. The molecule has 3 fully saturated rings. The van der Waals surface area contributed by atoms with Crippen molar-refractivity contribution in [2.24, 2.45) is 0 Å². The average Bonchev–Trinajstić information content (AvgIpc) is 2.46. The van der Waals surface area contributed by atoms with Crippen LogP contribution in [-0.2, 0) is 33.2 Å². The van der Waals surface area contributed by atoms with Crippen LogP contribution in [0.4, 0.5) is 0 Å². The van der Waals surface area contributed by atoms with Crippen LogP contribution >= 0.6 is 0 Å². The molecule has 12 N–H and O–H groups in total. The second-order valence-electron chi connectivity index (χ2n) is 24.6. The van der Waals surface area contributed by atoms with Gasteiger partial charge in [-0.15, -0.1) is 0 Å². The van der Waals surface area contributed by atoms with Crippen LogP contribution in [-0.4, -0.2) is 193 Å². The molecule has 3 aliphatic rings. The van der Waals surface area contributed by atoms with Gasteiger partial charge in [0.15, 0.2) is 18.9 Å². The van der Waals surface area contributed by atoms with Crippen molar-refractivity contribution in [1.82, 2.24) is 5.32 Å². The Bertz CT molecular complexity index is 1900. The fraction of sp³-hybridized carbons (Fsp3) is 0.814. The Hall–Kier alpha value is -2.77. The number of nitrogens with one attached hydrogen (secondary N) is 1. The Morgan fingerprint density at radius 3 is 1.21 bits per heavy atom. The minimum absolute atomic E-state index is 0.236. The summed E-state index contributed by atoms with van der Waals surface area (Å²) in [5, 5.41) is 120. The van der Waals surface area contributed by atoms with Gasteiger partial charge in [0.25, 0.3) is 0 Å². The zero-order chi connectivity index (χ0) is 64.7. The van der Waals surface area contributed by atoms with E-state index in [1.807, 2.05) is 6.08 Å². The van der Waals surface area contributed by atoms with Crippen molar-refractivity contribution in [2.75, 3.05) is 26.4 Å². The third kappa shape index (κ3) is 33.8. The van der Waals surface area contributed by atoms with Gasteiger partial charge in [-0.3, -0.25) is 4.79 Å². The van der Waals surface area contributed by atoms with Crippen molar-refractivity contribution >= 4 is 5.91 Å². The number of aliphatic hydroxyl groups is 11. The van der Waals surface area contributed by atoms with E-state index in [1.54, 1.807) is 6.08 Å². The summed E-state index contributed by atoms with van der Waals surface area (Å²) in [4.78, 5) is 13.4. The standard InChI is InChI=1S/C70H123NO18/c1-3-5-7-9-11-13-15-17-19-21-22-23-24-25-26-27-28-29-30-32-34-36-38-40-42-44-46-48-58(76)71-53(54(75)47-45-43-41-39-37-35-33-31-20-18-16-14-12-10-8-6-4-2)52-84-68-64(82)61(79)66(56(50-73)86-68)89-70-65(83)62(80)67(57(51-74)87-70)88-69-63(81)60(78)59(77)55(49-72)85-69/h5,7,11,13,17,19,22-23,25-26,45,47,53-57,59-70,72-75,77-83H,3-4,6,8-10,12,14-16,18,20-21,24,27-44,46,48-52H2,1-2H3,(H,71,76)/b7-5-,13-11-,19-17-,23-22-,26-25-,47-45+. The lowest BCUT2D eigenvalue weighted by Gasteiger charge is -2.48. The Labute approximate surface area is 534 Å². The Balaban J connectivity index is 1.43. The number of aliphatic hydroxyl groups excluding tert-OH is 11. The van der Waals surface area contributed by atoms with Crippen LogP contribution in [0.3, 0.4) is 0 Å². The zero-order valence-electron chi connectivity index (χ0n) is 54.4. The Kier molecular flexibility index (Phi) is 46.7. The smallest absolute Gasteiger partial charge is 0.220 e. The molecule has 0 radical (unpaired) electrons. The minimum atomic E-state index is -1.98. The number of carbonyl (C=O) groups is 1. The molecule has 0 aromatic heterocycles. The number of hydrogen-bond acceptors (Lipinski definition) is 18. The molecule has 0 aliphatic carbocycles. The van der Waals surface area contributed by atoms with E-state index in [2.05, 4.69) is 79.9 Å². The molecule has 0 saturated carbocycles. The summed E-state index contributed by atoms with van der Waals surface area (Å²) in [5.41, 5.74) is 0. The Morgan fingerprint density at radius 1 is 0.416 bits per heavy atom. The second kappa shape index (κ2) is 51.6. The van der Waals surface area contributed by atoms with Gasteiger partial charge < -0.3 is 89.9 Å². The van der Waals surface area contributed by atoms with Gasteiger partial charge >= 0.3 is 0 Å². The van der Waals surface area contributed by atoms with Gasteiger partial charge in [-0.2, -0.15) is 0 Å². The summed E-state index contributed by atoms with van der Waals surface area (Å²) < 4.78 is 34.3. The van der Waals surface area contributed by atoms with E-state index in [9.17, 15) is 61.0 Å². The summed E-state index contributed by atoms with van der Waals surface area (Å²) in [5.74, 6) is -0.281. The second-order valence-corrected chi connectivity index (χ2v) is 24.6. The van der Waals surface area contributed by atoms with Crippen molar-refractivity contribution in [2.45, 2.75) is 336 Å². The topological polar surface area (TPSA) is 307 Å². The van der Waals surface area contributed by atoms with E-state index < -0.39 is 124 Å². The van der Waals surface area contributed by atoms with E-state index in [0.29, 0.717) is 6.42 Å². The molecule has 19 nitrogen and oxygen atoms in total. The van der Waals surface area contributed by atoms with Crippen LogP contribution in [0, 0.1) is 0 Å². The molecule has 19 heteroatoms. The summed E-state index contributed by atoms with van der Waals surface area (Å²) in [6.45, 7) is 1.62. The van der Waals surface area contributed by atoms with Crippen LogP contribution in [0.2, 0.25) is 0 Å². The number of carbonyl (C=O) groups excluding carboxylic acids is 1. The molecule has 0 spiro atoms. The molecule has 3 heterocycles. The third-order valence-electron chi connectivity index (χ3n) is 17.0. The molecular weight excluding hydrogens is 1140 g/mol. The van der Waals surface area contributed by atoms with E-state index in [1.165, 1.54) is 116 Å². The highest BCUT2D eigenvalue weighted by Gasteiger charge is 2.53. The van der Waals surface area contributed by atoms with Crippen molar-refractivity contribution in [3.63, 3.8) is 0 Å². The quantitative estimate of drug-likeness (QED) is 0.0200. The molecule has 1 amide bonds. The van der Waals surface area contributed by atoms with Gasteiger partial charge in [0, 0.05) is 6.42 Å². The summed E-state index contributed by atoms with van der Waals surface area (Å²) in [6.07, 6.45) is 37.2. The highest BCUT2D eigenvalue weighted by atomic mass is 16.8. The zero-order valence-corrected chi connectivity index (χ0v) is 54.4. The molecule has 3 aliphatic heterocycles. The number of allylic oxidation sites excluding steroid dienone is 11. The van der Waals surface area contributed by atoms with Gasteiger partial charge in [0.2, 0.25) is 5.91 Å². The monoisotopic (exact) mass is 1270 g/mol. The number of hydrogen-bond donors (Lipinski definition) is 12. The van der Waals surface area contributed by atoms with Crippen molar-refractivity contribution in [3.05, 3.63) is 72.9 Å². The van der Waals surface area contributed by atoms with Crippen molar-refractivity contribution in [3.8, 4) is 0 Å². The normalized spacial score (nSPS) is 28.7. The van der Waals surface area contributed by atoms with Crippen LogP contribution in [0.25, 0.3) is 0 Å². The largest absolute Gasteiger partial charge is 0.394 e. The van der Waals surface area contributed by atoms with E-state index >= 15 is 0 Å². The lowest BCUT2D eigenvalue weighted by Crippen LogP contribution is -2.66. The predicted octanol–water partition coefficient (Wildman–Crippen LogP) is 8.94. The van der Waals surface area contributed by atoms with Gasteiger partial charge in [0.05, 0.1) is 38.6 Å². The summed E-state index contributed by atoms with van der Waals surface area (Å²) in [7, 11) is 0. The van der Waals surface area contributed by atoms with E-state index in [0.717, 1.165) is 89.9 Å². The maximum Gasteiger partial charge on any atom is 0.220 e. The van der Waals surface area contributed by atoms with Crippen LogP contribution in [0.1, 0.15) is 232 Å². The maximum absolute atomic E-state index is 13.4. The van der Waals surface area contributed by atoms with Crippen molar-refractivity contribution < 1.29 is 89.4 Å². The fourth-order valence-corrected chi connectivity index (χ4v) is 11.4. The molecule has 0 bridgehead atoms. The highest BCUT2D eigenvalue weighted by Crippen LogP contribution is 2.33. The molecule has 3 saturated heterocycles. The van der Waals surface area contributed by atoms with E-state index in [-0.39, 0.29) is 18.9 Å². The summed E-state index contributed by atoms with van der Waals surface area (Å²) >= 11 is 0.